The number of nitro benzene ring substituents is 1. The molecule has 0 radical (unpaired) electrons. The van der Waals surface area contributed by atoms with Crippen LogP contribution in [0.15, 0.2) is 24.3 Å². The van der Waals surface area contributed by atoms with Gasteiger partial charge in [0.2, 0.25) is 11.8 Å². The van der Waals surface area contributed by atoms with Crippen molar-refractivity contribution in [2.45, 2.75) is 19.4 Å². The number of aliphatic carboxylic acids is 1. The van der Waals surface area contributed by atoms with Gasteiger partial charge in [-0.1, -0.05) is 0 Å². The van der Waals surface area contributed by atoms with Gasteiger partial charge in [0.25, 0.3) is 5.69 Å². The minimum Gasteiger partial charge on any atom is -0.544 e. The fourth-order valence-corrected chi connectivity index (χ4v) is 1.87. The Morgan fingerprint density at radius 1 is 1.25 bits per heavy atom. The van der Waals surface area contributed by atoms with Gasteiger partial charge in [-0.05, 0) is 12.1 Å². The van der Waals surface area contributed by atoms with E-state index in [0.29, 0.717) is 5.69 Å². The first kappa shape index (κ1) is 19.0. The zero-order valence-electron chi connectivity index (χ0n) is 13.0. The molecule has 0 aromatic heterocycles. The number of hydrogen-bond acceptors (Lipinski definition) is 6. The van der Waals surface area contributed by atoms with E-state index in [2.05, 4.69) is 10.6 Å². The first-order chi connectivity index (χ1) is 11.3. The third-order valence-corrected chi connectivity index (χ3v) is 3.04. The molecule has 0 heterocycles. The number of carbonyl (C=O) groups is 3. The molecule has 10 nitrogen and oxygen atoms in total. The summed E-state index contributed by atoms with van der Waals surface area (Å²) in [4.78, 5) is 43.6. The first-order valence-electron chi connectivity index (χ1n) is 7.12. The smallest absolute Gasteiger partial charge is 0.269 e. The zero-order chi connectivity index (χ0) is 18.1. The molecule has 10 heteroatoms. The minimum absolute atomic E-state index is 0.119. The molecule has 0 unspecified atom stereocenters. The Morgan fingerprint density at radius 2 is 1.88 bits per heavy atom. The van der Waals surface area contributed by atoms with E-state index in [1.54, 1.807) is 0 Å². The molecule has 0 aliphatic heterocycles. The number of non-ortho nitro benzene ring substituents is 1. The lowest BCUT2D eigenvalue weighted by Gasteiger charge is -2.16. The first-order valence-corrected chi connectivity index (χ1v) is 7.12. The number of nitro groups is 1. The van der Waals surface area contributed by atoms with Crippen LogP contribution in [0.4, 0.5) is 11.4 Å². The summed E-state index contributed by atoms with van der Waals surface area (Å²) in [5, 5.41) is 27.9. The zero-order valence-corrected chi connectivity index (χ0v) is 13.0. The van der Waals surface area contributed by atoms with Crippen LogP contribution in [0.2, 0.25) is 0 Å². The summed E-state index contributed by atoms with van der Waals surface area (Å²) in [7, 11) is 0. The van der Waals surface area contributed by atoms with Crippen LogP contribution in [0.25, 0.3) is 0 Å². The number of rotatable bonds is 9. The van der Waals surface area contributed by atoms with E-state index < -0.39 is 22.8 Å². The number of hydrogen-bond donors (Lipinski definition) is 3. The Bertz CT molecular complexity index is 616. The Morgan fingerprint density at radius 3 is 2.38 bits per heavy atom. The molecule has 0 fully saturated rings. The topological polar surface area (TPSA) is 158 Å². The summed E-state index contributed by atoms with van der Waals surface area (Å²) in [6, 6.07) is 4.06. The summed E-state index contributed by atoms with van der Waals surface area (Å²) in [6.07, 6.45) is -0.334. The third-order valence-electron chi connectivity index (χ3n) is 3.04. The molecule has 0 aliphatic carbocycles. The normalized spacial score (nSPS) is 11.4. The Labute approximate surface area is 137 Å². The average molecular weight is 338 g/mol. The van der Waals surface area contributed by atoms with Gasteiger partial charge in [-0.25, -0.2) is 0 Å². The molecule has 2 amide bonds. The van der Waals surface area contributed by atoms with Gasteiger partial charge < -0.3 is 25.9 Å². The quantitative estimate of drug-likeness (QED) is 0.262. The van der Waals surface area contributed by atoms with Crippen LogP contribution in [0, 0.1) is 10.1 Å². The lowest BCUT2D eigenvalue weighted by molar-refractivity contribution is -0.680. The van der Waals surface area contributed by atoms with Gasteiger partial charge in [0.15, 0.2) is 0 Å². The molecule has 0 spiro atoms. The summed E-state index contributed by atoms with van der Waals surface area (Å²) in [5.74, 6) is -2.19. The van der Waals surface area contributed by atoms with Crippen LogP contribution < -0.4 is 21.1 Å². The van der Waals surface area contributed by atoms with Crippen molar-refractivity contribution in [2.24, 2.45) is 0 Å². The highest BCUT2D eigenvalue weighted by Gasteiger charge is 2.18. The van der Waals surface area contributed by atoms with Crippen molar-refractivity contribution in [3.8, 4) is 0 Å². The van der Waals surface area contributed by atoms with Crippen molar-refractivity contribution in [1.82, 2.24) is 5.32 Å². The number of anilines is 1. The van der Waals surface area contributed by atoms with Crippen molar-refractivity contribution in [3.63, 3.8) is 0 Å². The third kappa shape index (κ3) is 6.83. The fourth-order valence-electron chi connectivity index (χ4n) is 1.87. The molecule has 1 aromatic rings. The molecule has 1 aromatic carbocycles. The SMILES string of the molecule is CC(=O)NCC[NH2+][C@H](CC(=O)Nc1ccc([N+](=O)[O-])cc1)C(=O)[O-]. The standard InChI is InChI=1S/C14H18N4O6/c1-9(19)15-6-7-16-12(14(21)22)8-13(20)17-10-2-4-11(5-3-10)18(23)24/h2-5,12,16H,6-8H2,1H3,(H,15,19)(H,17,20)(H,21,22)/t12-/m1/s1. The maximum atomic E-state index is 11.9. The lowest BCUT2D eigenvalue weighted by Crippen LogP contribution is -2.94. The molecule has 24 heavy (non-hydrogen) atoms. The van der Waals surface area contributed by atoms with Crippen LogP contribution in [0.5, 0.6) is 0 Å². The van der Waals surface area contributed by atoms with Gasteiger partial charge in [-0.15, -0.1) is 0 Å². The van der Waals surface area contributed by atoms with Crippen molar-refractivity contribution in [2.75, 3.05) is 18.4 Å². The molecular weight excluding hydrogens is 320 g/mol. The highest BCUT2D eigenvalue weighted by atomic mass is 16.6. The molecule has 130 valence electrons. The number of nitrogens with zero attached hydrogens (tertiary/aromatic N) is 1. The van der Waals surface area contributed by atoms with Gasteiger partial charge in [0.1, 0.15) is 6.04 Å². The van der Waals surface area contributed by atoms with Crippen LogP contribution >= 0.6 is 0 Å². The van der Waals surface area contributed by atoms with Gasteiger partial charge in [-0.3, -0.25) is 19.7 Å². The number of benzene rings is 1. The fraction of sp³-hybridized carbons (Fsp3) is 0.357. The number of carboxylic acids is 1. The number of amides is 2. The highest BCUT2D eigenvalue weighted by molar-refractivity contribution is 5.93. The number of carboxylic acid groups (broad SMARTS) is 1. The van der Waals surface area contributed by atoms with Gasteiger partial charge in [0, 0.05) is 24.7 Å². The van der Waals surface area contributed by atoms with Crippen LogP contribution in [-0.2, 0) is 14.4 Å². The summed E-state index contributed by atoms with van der Waals surface area (Å²) >= 11 is 0. The van der Waals surface area contributed by atoms with E-state index in [-0.39, 0.29) is 31.1 Å². The number of quaternary nitrogens is 1. The van der Waals surface area contributed by atoms with Crippen LogP contribution in [0.3, 0.4) is 0 Å². The lowest BCUT2D eigenvalue weighted by atomic mass is 10.2. The summed E-state index contributed by atoms with van der Waals surface area (Å²) in [6.45, 7) is 1.89. The van der Waals surface area contributed by atoms with Gasteiger partial charge >= 0.3 is 0 Å². The van der Waals surface area contributed by atoms with E-state index in [1.807, 2.05) is 0 Å². The number of nitrogens with two attached hydrogens (primary N) is 1. The van der Waals surface area contributed by atoms with E-state index in [9.17, 15) is 29.6 Å². The van der Waals surface area contributed by atoms with E-state index >= 15 is 0 Å². The number of nitrogens with one attached hydrogen (secondary N) is 2. The minimum atomic E-state index is -1.39. The molecule has 1 rings (SSSR count). The van der Waals surface area contributed by atoms with Crippen molar-refractivity contribution in [3.05, 3.63) is 34.4 Å². The van der Waals surface area contributed by atoms with Crippen LogP contribution in [-0.4, -0.2) is 41.8 Å². The Balaban J connectivity index is 2.51. The highest BCUT2D eigenvalue weighted by Crippen LogP contribution is 2.15. The Kier molecular flexibility index (Phi) is 7.30. The monoisotopic (exact) mass is 338 g/mol. The van der Waals surface area contributed by atoms with Gasteiger partial charge in [0.05, 0.1) is 30.4 Å². The molecule has 0 aliphatic rings. The maximum Gasteiger partial charge on any atom is 0.269 e. The Hall–Kier alpha value is -3.01. The average Bonchev–Trinajstić information content (AvgIpc) is 2.50. The molecule has 0 bridgehead atoms. The molecule has 0 saturated carbocycles. The summed E-state index contributed by atoms with van der Waals surface area (Å²) in [5.41, 5.74) is 0.202. The second kappa shape index (κ2) is 9.20. The van der Waals surface area contributed by atoms with E-state index in [4.69, 9.17) is 0 Å². The predicted molar refractivity (Wildman–Crippen MR) is 80.6 cm³/mol. The maximum absolute atomic E-state index is 11.9. The second-order valence-electron chi connectivity index (χ2n) is 4.99. The van der Waals surface area contributed by atoms with E-state index in [1.165, 1.54) is 36.5 Å². The second-order valence-corrected chi connectivity index (χ2v) is 4.99. The molecule has 1 atom stereocenters. The summed E-state index contributed by atoms with van der Waals surface area (Å²) < 4.78 is 0. The van der Waals surface area contributed by atoms with Crippen molar-refractivity contribution >= 4 is 29.2 Å². The van der Waals surface area contributed by atoms with Crippen molar-refractivity contribution < 1.29 is 29.7 Å². The van der Waals surface area contributed by atoms with Crippen molar-refractivity contribution in [1.29, 1.82) is 0 Å². The number of carbonyl (C=O) groups excluding carboxylic acids is 3. The molecule has 0 saturated heterocycles. The van der Waals surface area contributed by atoms with Crippen LogP contribution in [0.1, 0.15) is 13.3 Å². The van der Waals surface area contributed by atoms with E-state index in [0.717, 1.165) is 0 Å². The molecule has 4 N–H and O–H groups in total. The largest absolute Gasteiger partial charge is 0.544 e. The van der Waals surface area contributed by atoms with Gasteiger partial charge in [-0.2, -0.15) is 0 Å². The molecular formula is C14H18N4O6. The predicted octanol–water partition coefficient (Wildman–Crippen LogP) is -2.26.